The van der Waals surface area contributed by atoms with Gasteiger partial charge in [0.1, 0.15) is 4.90 Å². The minimum Gasteiger partial charge on any atom is -0.398 e. The zero-order valence-electron chi connectivity index (χ0n) is 11.1. The number of halogens is 1. The van der Waals surface area contributed by atoms with Gasteiger partial charge in [0.25, 0.3) is 0 Å². The molecule has 1 saturated heterocycles. The van der Waals surface area contributed by atoms with Gasteiger partial charge in [0, 0.05) is 17.1 Å². The Morgan fingerprint density at radius 2 is 2.05 bits per heavy atom. The first-order valence-electron chi connectivity index (χ1n) is 6.39. The van der Waals surface area contributed by atoms with Crippen molar-refractivity contribution in [2.75, 3.05) is 12.3 Å². The first kappa shape index (κ1) is 14.8. The summed E-state index contributed by atoms with van der Waals surface area (Å²) in [4.78, 5) is 0.197. The zero-order valence-corrected chi connectivity index (χ0v) is 13.5. The van der Waals surface area contributed by atoms with Crippen molar-refractivity contribution in [3.63, 3.8) is 0 Å². The van der Waals surface area contributed by atoms with Crippen LogP contribution in [0.2, 0.25) is 0 Å². The van der Waals surface area contributed by atoms with Gasteiger partial charge in [-0.15, -0.1) is 0 Å². The molecule has 2 rings (SSSR count). The molecule has 2 atom stereocenters. The number of benzene rings is 1. The number of nitrogens with zero attached hydrogens (tertiary/aromatic N) is 1. The van der Waals surface area contributed by atoms with Gasteiger partial charge in [-0.05, 0) is 43.9 Å². The van der Waals surface area contributed by atoms with Crippen LogP contribution >= 0.6 is 15.9 Å². The van der Waals surface area contributed by atoms with Crippen LogP contribution in [-0.2, 0) is 10.0 Å². The molecule has 2 N–H and O–H groups in total. The minimum atomic E-state index is -3.51. The van der Waals surface area contributed by atoms with E-state index in [2.05, 4.69) is 22.9 Å². The molecular weight excluding hydrogens is 328 g/mol. The Labute approximate surface area is 123 Å². The third-order valence-electron chi connectivity index (χ3n) is 3.64. The van der Waals surface area contributed by atoms with E-state index in [0.29, 0.717) is 18.2 Å². The number of hydrogen-bond donors (Lipinski definition) is 1. The summed E-state index contributed by atoms with van der Waals surface area (Å²) in [6.45, 7) is 4.69. The average Bonchev–Trinajstić information content (AvgIpc) is 2.31. The van der Waals surface area contributed by atoms with Crippen LogP contribution in [0.4, 0.5) is 5.69 Å². The molecule has 106 valence electrons. The Morgan fingerprint density at radius 3 is 2.68 bits per heavy atom. The first-order valence-corrected chi connectivity index (χ1v) is 8.62. The van der Waals surface area contributed by atoms with Crippen molar-refractivity contribution in [1.82, 2.24) is 4.31 Å². The highest BCUT2D eigenvalue weighted by Gasteiger charge is 2.34. The molecule has 1 aliphatic heterocycles. The highest BCUT2D eigenvalue weighted by atomic mass is 79.9. The fraction of sp³-hybridized carbons (Fsp3) is 0.538. The molecule has 0 saturated carbocycles. The highest BCUT2D eigenvalue weighted by molar-refractivity contribution is 9.10. The third-order valence-corrected chi connectivity index (χ3v) is 6.20. The molecule has 6 heteroatoms. The van der Waals surface area contributed by atoms with Gasteiger partial charge in [-0.2, -0.15) is 4.31 Å². The Hall–Kier alpha value is -0.590. The van der Waals surface area contributed by atoms with E-state index in [4.69, 9.17) is 5.73 Å². The number of nitrogens with two attached hydrogens (primary N) is 1. The van der Waals surface area contributed by atoms with Crippen LogP contribution in [0.15, 0.2) is 27.6 Å². The SMILES string of the molecule is CC1CCN(S(=O)(=O)c2cc(Br)ccc2N)C(C)C1. The lowest BCUT2D eigenvalue weighted by molar-refractivity contribution is 0.220. The molecule has 1 aromatic rings. The molecule has 2 unspecified atom stereocenters. The Balaban J connectivity index is 2.39. The predicted molar refractivity (Wildman–Crippen MR) is 80.3 cm³/mol. The van der Waals surface area contributed by atoms with Crippen molar-refractivity contribution in [3.05, 3.63) is 22.7 Å². The molecule has 0 amide bonds. The predicted octanol–water partition coefficient (Wildman–Crippen LogP) is 2.84. The van der Waals surface area contributed by atoms with Crippen molar-refractivity contribution >= 4 is 31.6 Å². The smallest absolute Gasteiger partial charge is 0.245 e. The van der Waals surface area contributed by atoms with Crippen LogP contribution in [0.25, 0.3) is 0 Å². The molecule has 0 spiro atoms. The molecule has 1 fully saturated rings. The Bertz CT molecular complexity index is 574. The normalized spacial score (nSPS) is 25.4. The molecule has 0 aromatic heterocycles. The van der Waals surface area contributed by atoms with Crippen LogP contribution in [-0.4, -0.2) is 25.3 Å². The summed E-state index contributed by atoms with van der Waals surface area (Å²) in [6, 6.07) is 4.96. The lowest BCUT2D eigenvalue weighted by Gasteiger charge is -2.35. The van der Waals surface area contributed by atoms with Crippen molar-refractivity contribution in [2.45, 2.75) is 37.6 Å². The summed E-state index contributed by atoms with van der Waals surface area (Å²) in [5, 5.41) is 0. The Morgan fingerprint density at radius 1 is 1.37 bits per heavy atom. The van der Waals surface area contributed by atoms with Gasteiger partial charge in [0.05, 0.1) is 5.69 Å². The van der Waals surface area contributed by atoms with Crippen molar-refractivity contribution in [2.24, 2.45) is 5.92 Å². The fourth-order valence-corrected chi connectivity index (χ4v) is 4.91. The Kier molecular flexibility index (Phi) is 4.23. The van der Waals surface area contributed by atoms with E-state index >= 15 is 0 Å². The second-order valence-electron chi connectivity index (χ2n) is 5.28. The van der Waals surface area contributed by atoms with E-state index in [-0.39, 0.29) is 10.9 Å². The molecule has 4 nitrogen and oxygen atoms in total. The van der Waals surface area contributed by atoms with Crippen LogP contribution < -0.4 is 5.73 Å². The van der Waals surface area contributed by atoms with Gasteiger partial charge in [-0.25, -0.2) is 8.42 Å². The standard InChI is InChI=1S/C13H19BrN2O2S/c1-9-5-6-16(10(2)7-9)19(17,18)13-8-11(14)3-4-12(13)15/h3-4,8-10H,5-7,15H2,1-2H3. The maximum absolute atomic E-state index is 12.7. The molecule has 0 radical (unpaired) electrons. The first-order chi connectivity index (χ1) is 8.82. The molecule has 0 aliphatic carbocycles. The van der Waals surface area contributed by atoms with E-state index in [1.807, 2.05) is 6.92 Å². The molecule has 1 heterocycles. The van der Waals surface area contributed by atoms with Gasteiger partial charge >= 0.3 is 0 Å². The summed E-state index contributed by atoms with van der Waals surface area (Å²) in [6.07, 6.45) is 1.80. The van der Waals surface area contributed by atoms with Gasteiger partial charge in [0.15, 0.2) is 0 Å². The lowest BCUT2D eigenvalue weighted by atomic mass is 9.95. The summed E-state index contributed by atoms with van der Waals surface area (Å²) in [7, 11) is -3.51. The van der Waals surface area contributed by atoms with Crippen LogP contribution in [0.3, 0.4) is 0 Å². The summed E-state index contributed by atoms with van der Waals surface area (Å²) in [5.41, 5.74) is 6.13. The minimum absolute atomic E-state index is 0.0205. The van der Waals surface area contributed by atoms with Crippen LogP contribution in [0.5, 0.6) is 0 Å². The lowest BCUT2D eigenvalue weighted by Crippen LogP contribution is -2.44. The zero-order chi connectivity index (χ0) is 14.2. The number of hydrogen-bond acceptors (Lipinski definition) is 3. The fourth-order valence-electron chi connectivity index (χ4n) is 2.60. The maximum atomic E-state index is 12.7. The van der Waals surface area contributed by atoms with Crippen LogP contribution in [0.1, 0.15) is 26.7 Å². The molecule has 1 aromatic carbocycles. The van der Waals surface area contributed by atoms with E-state index in [0.717, 1.165) is 17.3 Å². The van der Waals surface area contributed by atoms with E-state index in [1.54, 1.807) is 22.5 Å². The number of nitrogen functional groups attached to an aromatic ring is 1. The monoisotopic (exact) mass is 346 g/mol. The molecule has 19 heavy (non-hydrogen) atoms. The topological polar surface area (TPSA) is 63.4 Å². The second kappa shape index (κ2) is 5.42. The van der Waals surface area contributed by atoms with Gasteiger partial charge < -0.3 is 5.73 Å². The summed E-state index contributed by atoms with van der Waals surface area (Å²) in [5.74, 6) is 0.571. The second-order valence-corrected chi connectivity index (χ2v) is 8.05. The quantitative estimate of drug-likeness (QED) is 0.837. The summed E-state index contributed by atoms with van der Waals surface area (Å²) < 4.78 is 27.7. The third kappa shape index (κ3) is 2.95. The van der Waals surface area contributed by atoms with Gasteiger partial charge in [-0.3, -0.25) is 0 Å². The van der Waals surface area contributed by atoms with E-state index in [1.165, 1.54) is 0 Å². The molecule has 1 aliphatic rings. The average molecular weight is 347 g/mol. The van der Waals surface area contributed by atoms with Crippen molar-refractivity contribution in [1.29, 1.82) is 0 Å². The largest absolute Gasteiger partial charge is 0.398 e. The maximum Gasteiger partial charge on any atom is 0.245 e. The number of sulfonamides is 1. The van der Waals surface area contributed by atoms with Crippen LogP contribution in [0, 0.1) is 5.92 Å². The number of rotatable bonds is 2. The molecular formula is C13H19BrN2O2S. The number of anilines is 1. The highest BCUT2D eigenvalue weighted by Crippen LogP contribution is 2.31. The number of piperidine rings is 1. The van der Waals surface area contributed by atoms with Crippen molar-refractivity contribution < 1.29 is 8.42 Å². The van der Waals surface area contributed by atoms with Gasteiger partial charge in [0.2, 0.25) is 10.0 Å². The van der Waals surface area contributed by atoms with Gasteiger partial charge in [-0.1, -0.05) is 22.9 Å². The van der Waals surface area contributed by atoms with Crippen molar-refractivity contribution in [3.8, 4) is 0 Å². The molecule has 0 bridgehead atoms. The summed E-state index contributed by atoms with van der Waals surface area (Å²) >= 11 is 3.30. The van der Waals surface area contributed by atoms with E-state index in [9.17, 15) is 8.42 Å². The van der Waals surface area contributed by atoms with E-state index < -0.39 is 10.0 Å².